The standard InChI is InChI=1S/C10H16N4S/c1-15-10-9(12-3-4-13-10)7-14-5-2-8(11)6-14/h3-4,8H,2,5-7,11H2,1H3/t8-/m0/s1. The van der Waals surface area contributed by atoms with Crippen LogP contribution in [0.25, 0.3) is 0 Å². The van der Waals surface area contributed by atoms with E-state index in [1.165, 1.54) is 0 Å². The van der Waals surface area contributed by atoms with Crippen LogP contribution in [0.15, 0.2) is 17.4 Å². The Labute approximate surface area is 94.3 Å². The number of hydrogen-bond acceptors (Lipinski definition) is 5. The van der Waals surface area contributed by atoms with E-state index in [0.29, 0.717) is 6.04 Å². The molecule has 1 aromatic rings. The van der Waals surface area contributed by atoms with Crippen molar-refractivity contribution >= 4 is 11.8 Å². The molecule has 2 N–H and O–H groups in total. The minimum atomic E-state index is 0.333. The molecule has 0 amide bonds. The Morgan fingerprint density at radius 3 is 3.00 bits per heavy atom. The molecule has 1 aliphatic rings. The molecular formula is C10H16N4S. The predicted molar refractivity (Wildman–Crippen MR) is 61.7 cm³/mol. The van der Waals surface area contributed by atoms with Gasteiger partial charge in [0.05, 0.1) is 5.69 Å². The fourth-order valence-corrected chi connectivity index (χ4v) is 2.37. The van der Waals surface area contributed by atoms with Gasteiger partial charge in [0.25, 0.3) is 0 Å². The highest BCUT2D eigenvalue weighted by atomic mass is 32.2. The number of aromatic nitrogens is 2. The molecule has 0 bridgehead atoms. The average molecular weight is 224 g/mol. The van der Waals surface area contributed by atoms with Crippen molar-refractivity contribution in [2.45, 2.75) is 24.0 Å². The number of rotatable bonds is 3. The van der Waals surface area contributed by atoms with Crippen LogP contribution in [0.1, 0.15) is 12.1 Å². The van der Waals surface area contributed by atoms with Crippen molar-refractivity contribution in [1.82, 2.24) is 14.9 Å². The molecule has 5 heteroatoms. The number of hydrogen-bond donors (Lipinski definition) is 1. The molecule has 0 saturated carbocycles. The maximum Gasteiger partial charge on any atom is 0.119 e. The first-order valence-electron chi connectivity index (χ1n) is 5.11. The van der Waals surface area contributed by atoms with Gasteiger partial charge in [-0.1, -0.05) is 0 Å². The van der Waals surface area contributed by atoms with E-state index < -0.39 is 0 Å². The molecule has 0 aromatic carbocycles. The van der Waals surface area contributed by atoms with Gasteiger partial charge in [0.1, 0.15) is 5.03 Å². The fraction of sp³-hybridized carbons (Fsp3) is 0.600. The largest absolute Gasteiger partial charge is 0.326 e. The summed E-state index contributed by atoms with van der Waals surface area (Å²) >= 11 is 1.65. The van der Waals surface area contributed by atoms with Gasteiger partial charge < -0.3 is 5.73 Å². The molecular weight excluding hydrogens is 208 g/mol. The maximum absolute atomic E-state index is 5.87. The SMILES string of the molecule is CSc1nccnc1CN1CC[C@H](N)C1. The Hall–Kier alpha value is -0.650. The topological polar surface area (TPSA) is 55.0 Å². The third kappa shape index (κ3) is 2.68. The second-order valence-electron chi connectivity index (χ2n) is 3.80. The zero-order valence-electron chi connectivity index (χ0n) is 8.89. The van der Waals surface area contributed by atoms with Crippen molar-refractivity contribution in [2.24, 2.45) is 5.73 Å². The Bertz CT molecular complexity index is 331. The Morgan fingerprint density at radius 2 is 2.33 bits per heavy atom. The molecule has 2 heterocycles. The molecule has 0 aliphatic carbocycles. The molecule has 15 heavy (non-hydrogen) atoms. The molecule has 1 fully saturated rings. The Morgan fingerprint density at radius 1 is 1.53 bits per heavy atom. The smallest absolute Gasteiger partial charge is 0.119 e. The molecule has 82 valence electrons. The van der Waals surface area contributed by atoms with Gasteiger partial charge in [-0.3, -0.25) is 9.88 Å². The van der Waals surface area contributed by atoms with E-state index in [1.54, 1.807) is 24.2 Å². The summed E-state index contributed by atoms with van der Waals surface area (Å²) in [5.41, 5.74) is 6.94. The Balaban J connectivity index is 2.04. The summed E-state index contributed by atoms with van der Waals surface area (Å²) in [6.07, 6.45) is 6.62. The van der Waals surface area contributed by atoms with E-state index in [-0.39, 0.29) is 0 Å². The van der Waals surface area contributed by atoms with Gasteiger partial charge in [0, 0.05) is 38.1 Å². The van der Waals surface area contributed by atoms with Crippen molar-refractivity contribution in [1.29, 1.82) is 0 Å². The van der Waals surface area contributed by atoms with Crippen molar-refractivity contribution in [2.75, 3.05) is 19.3 Å². The number of thioether (sulfide) groups is 1. The minimum Gasteiger partial charge on any atom is -0.326 e. The summed E-state index contributed by atoms with van der Waals surface area (Å²) in [5, 5.41) is 1.03. The summed E-state index contributed by atoms with van der Waals surface area (Å²) in [5.74, 6) is 0. The lowest BCUT2D eigenvalue weighted by Crippen LogP contribution is -2.26. The van der Waals surface area contributed by atoms with Gasteiger partial charge >= 0.3 is 0 Å². The van der Waals surface area contributed by atoms with Crippen LogP contribution in [0, 0.1) is 0 Å². The molecule has 0 radical (unpaired) electrons. The van der Waals surface area contributed by atoms with Gasteiger partial charge in [-0.25, -0.2) is 4.98 Å². The number of likely N-dealkylation sites (tertiary alicyclic amines) is 1. The first-order chi connectivity index (χ1) is 7.29. The maximum atomic E-state index is 5.87. The highest BCUT2D eigenvalue weighted by molar-refractivity contribution is 7.98. The minimum absolute atomic E-state index is 0.333. The summed E-state index contributed by atoms with van der Waals surface area (Å²) in [6.45, 7) is 2.92. The first-order valence-corrected chi connectivity index (χ1v) is 6.34. The van der Waals surface area contributed by atoms with Crippen LogP contribution in [0.2, 0.25) is 0 Å². The molecule has 1 aliphatic heterocycles. The summed E-state index contributed by atoms with van der Waals surface area (Å²) in [7, 11) is 0. The van der Waals surface area contributed by atoms with Crippen molar-refractivity contribution < 1.29 is 0 Å². The quantitative estimate of drug-likeness (QED) is 0.767. The zero-order valence-corrected chi connectivity index (χ0v) is 9.70. The second kappa shape index (κ2) is 4.92. The number of nitrogens with zero attached hydrogens (tertiary/aromatic N) is 3. The highest BCUT2D eigenvalue weighted by Crippen LogP contribution is 2.18. The van der Waals surface area contributed by atoms with Crippen LogP contribution in [-0.2, 0) is 6.54 Å². The molecule has 1 saturated heterocycles. The highest BCUT2D eigenvalue weighted by Gasteiger charge is 2.20. The van der Waals surface area contributed by atoms with Gasteiger partial charge in [-0.15, -0.1) is 11.8 Å². The van der Waals surface area contributed by atoms with Crippen LogP contribution in [0.5, 0.6) is 0 Å². The van der Waals surface area contributed by atoms with E-state index in [9.17, 15) is 0 Å². The molecule has 1 aromatic heterocycles. The van der Waals surface area contributed by atoms with Gasteiger partial charge in [0.2, 0.25) is 0 Å². The zero-order chi connectivity index (χ0) is 10.7. The lowest BCUT2D eigenvalue weighted by Gasteiger charge is -2.15. The third-order valence-electron chi connectivity index (χ3n) is 2.61. The van der Waals surface area contributed by atoms with E-state index >= 15 is 0 Å². The lowest BCUT2D eigenvalue weighted by molar-refractivity contribution is 0.319. The van der Waals surface area contributed by atoms with E-state index in [4.69, 9.17) is 5.73 Å². The van der Waals surface area contributed by atoms with Gasteiger partial charge in [0.15, 0.2) is 0 Å². The second-order valence-corrected chi connectivity index (χ2v) is 4.59. The first kappa shape index (κ1) is 10.9. The summed E-state index contributed by atoms with van der Waals surface area (Å²) in [4.78, 5) is 11.0. The average Bonchev–Trinajstić information content (AvgIpc) is 2.65. The normalized spacial score (nSPS) is 22.1. The van der Waals surface area contributed by atoms with Crippen LogP contribution in [0.4, 0.5) is 0 Å². The van der Waals surface area contributed by atoms with E-state index in [2.05, 4.69) is 14.9 Å². The van der Waals surface area contributed by atoms with E-state index in [0.717, 1.165) is 36.8 Å². The Kier molecular flexibility index (Phi) is 3.56. The van der Waals surface area contributed by atoms with Gasteiger partial charge in [-0.05, 0) is 12.7 Å². The monoisotopic (exact) mass is 224 g/mol. The molecule has 0 spiro atoms. The number of nitrogens with two attached hydrogens (primary N) is 1. The van der Waals surface area contributed by atoms with Gasteiger partial charge in [-0.2, -0.15) is 0 Å². The fourth-order valence-electron chi connectivity index (χ4n) is 1.85. The molecule has 2 rings (SSSR count). The molecule has 4 nitrogen and oxygen atoms in total. The summed E-state index contributed by atoms with van der Waals surface area (Å²) < 4.78 is 0. The van der Waals surface area contributed by atoms with Crippen molar-refractivity contribution in [3.8, 4) is 0 Å². The van der Waals surface area contributed by atoms with Crippen LogP contribution >= 0.6 is 11.8 Å². The third-order valence-corrected chi connectivity index (χ3v) is 3.34. The molecule has 1 atom stereocenters. The van der Waals surface area contributed by atoms with Crippen molar-refractivity contribution in [3.63, 3.8) is 0 Å². The van der Waals surface area contributed by atoms with E-state index in [1.807, 2.05) is 6.26 Å². The van der Waals surface area contributed by atoms with Crippen molar-refractivity contribution in [3.05, 3.63) is 18.1 Å². The van der Waals surface area contributed by atoms with Crippen LogP contribution in [-0.4, -0.2) is 40.3 Å². The van der Waals surface area contributed by atoms with Crippen LogP contribution in [0.3, 0.4) is 0 Å². The summed E-state index contributed by atoms with van der Waals surface area (Å²) in [6, 6.07) is 0.333. The molecule has 0 unspecified atom stereocenters. The van der Waals surface area contributed by atoms with Crippen LogP contribution < -0.4 is 5.73 Å². The lowest BCUT2D eigenvalue weighted by atomic mass is 10.3. The predicted octanol–water partition coefficient (Wildman–Crippen LogP) is 0.732.